The maximum atomic E-state index is 6.53. The quantitative estimate of drug-likeness (QED) is 0.504. The number of benzene rings is 2. The van der Waals surface area contributed by atoms with E-state index in [0.29, 0.717) is 0 Å². The Kier molecular flexibility index (Phi) is 3.42. The second kappa shape index (κ2) is 5.04. The maximum Gasteiger partial charge on any atom is 0.0928 e. The molecule has 0 aliphatic carbocycles. The molecule has 1 aromatic heterocycles. The summed E-state index contributed by atoms with van der Waals surface area (Å²) in [5, 5.41) is 2.40. The molecule has 90 valence electrons. The first-order chi connectivity index (χ1) is 8.74. The van der Waals surface area contributed by atoms with Gasteiger partial charge < -0.3 is 0 Å². The van der Waals surface area contributed by atoms with Crippen LogP contribution in [0.1, 0.15) is 15.8 Å². The Morgan fingerprint density at radius 1 is 0.944 bits per heavy atom. The highest BCUT2D eigenvalue weighted by molar-refractivity contribution is 9.11. The van der Waals surface area contributed by atoms with Gasteiger partial charge in [0.2, 0.25) is 0 Å². The van der Waals surface area contributed by atoms with E-state index in [4.69, 9.17) is 11.6 Å². The molecule has 0 bridgehead atoms. The number of fused-ring (bicyclic) bond motifs is 1. The third-order valence-electron chi connectivity index (χ3n) is 2.91. The normalized spacial score (nSPS) is 12.8. The molecule has 0 N–H and O–H groups in total. The van der Waals surface area contributed by atoms with Crippen LogP contribution in [-0.4, -0.2) is 0 Å². The van der Waals surface area contributed by atoms with Crippen LogP contribution in [-0.2, 0) is 0 Å². The van der Waals surface area contributed by atoms with Gasteiger partial charge in [0.25, 0.3) is 0 Å². The summed E-state index contributed by atoms with van der Waals surface area (Å²) < 4.78 is 1.11. The van der Waals surface area contributed by atoms with Gasteiger partial charge in [0.05, 0.1) is 9.16 Å². The smallest absolute Gasteiger partial charge is 0.0928 e. The summed E-state index contributed by atoms with van der Waals surface area (Å²) in [4.78, 5) is 1.17. The monoisotopic (exact) mass is 336 g/mol. The Hall–Kier alpha value is -0.830. The van der Waals surface area contributed by atoms with Crippen molar-refractivity contribution in [2.24, 2.45) is 0 Å². The Morgan fingerprint density at radius 3 is 2.44 bits per heavy atom. The van der Waals surface area contributed by atoms with Crippen molar-refractivity contribution < 1.29 is 0 Å². The van der Waals surface area contributed by atoms with Gasteiger partial charge in [-0.1, -0.05) is 36.4 Å². The van der Waals surface area contributed by atoms with Crippen LogP contribution in [0.4, 0.5) is 0 Å². The van der Waals surface area contributed by atoms with Gasteiger partial charge in [-0.05, 0) is 50.5 Å². The highest BCUT2D eigenvalue weighted by atomic mass is 79.9. The zero-order chi connectivity index (χ0) is 12.5. The number of alkyl halides is 1. The minimum absolute atomic E-state index is 0.0779. The van der Waals surface area contributed by atoms with Gasteiger partial charge >= 0.3 is 0 Å². The first-order valence-corrected chi connectivity index (χ1v) is 7.66. The number of hydrogen-bond acceptors (Lipinski definition) is 1. The zero-order valence-corrected chi connectivity index (χ0v) is 12.6. The molecule has 0 spiro atoms. The van der Waals surface area contributed by atoms with Gasteiger partial charge in [-0.15, -0.1) is 22.9 Å². The SMILES string of the molecule is ClC(c1ccc2ccccc2c1)c1ccc(Br)s1. The summed E-state index contributed by atoms with van der Waals surface area (Å²) in [6, 6.07) is 18.8. The molecular weight excluding hydrogens is 328 g/mol. The Bertz CT molecular complexity index is 690. The number of thiophene rings is 1. The van der Waals surface area contributed by atoms with Gasteiger partial charge in [0.15, 0.2) is 0 Å². The van der Waals surface area contributed by atoms with E-state index in [9.17, 15) is 0 Å². The van der Waals surface area contributed by atoms with E-state index in [2.05, 4.69) is 64.5 Å². The molecule has 3 rings (SSSR count). The van der Waals surface area contributed by atoms with Crippen molar-refractivity contribution in [1.29, 1.82) is 0 Å². The Morgan fingerprint density at radius 2 is 1.72 bits per heavy atom. The second-order valence-electron chi connectivity index (χ2n) is 4.11. The van der Waals surface area contributed by atoms with Crippen molar-refractivity contribution in [1.82, 2.24) is 0 Å². The van der Waals surface area contributed by atoms with Gasteiger partial charge in [-0.25, -0.2) is 0 Å². The standard InChI is InChI=1S/C15H10BrClS/c16-14-8-7-13(18-14)15(17)12-6-5-10-3-1-2-4-11(10)9-12/h1-9,15H. The minimum atomic E-state index is -0.0779. The fourth-order valence-electron chi connectivity index (χ4n) is 1.99. The fraction of sp³-hybridized carbons (Fsp3) is 0.0667. The van der Waals surface area contributed by atoms with E-state index in [1.807, 2.05) is 6.07 Å². The molecule has 0 amide bonds. The third kappa shape index (κ3) is 2.33. The van der Waals surface area contributed by atoms with Crippen molar-refractivity contribution in [2.45, 2.75) is 5.38 Å². The molecule has 0 aliphatic heterocycles. The molecule has 18 heavy (non-hydrogen) atoms. The fourth-order valence-corrected chi connectivity index (χ4v) is 3.77. The van der Waals surface area contributed by atoms with Crippen LogP contribution >= 0.6 is 38.9 Å². The van der Waals surface area contributed by atoms with Gasteiger partial charge in [-0.2, -0.15) is 0 Å². The van der Waals surface area contributed by atoms with Crippen LogP contribution in [0.25, 0.3) is 10.8 Å². The second-order valence-corrected chi connectivity index (χ2v) is 7.04. The molecule has 0 radical (unpaired) electrons. The lowest BCUT2D eigenvalue weighted by Crippen LogP contribution is -1.89. The Labute approximate surface area is 123 Å². The molecule has 0 saturated carbocycles. The van der Waals surface area contributed by atoms with Crippen LogP contribution in [0.2, 0.25) is 0 Å². The number of halogens is 2. The van der Waals surface area contributed by atoms with Crippen molar-refractivity contribution in [3.05, 3.63) is 68.8 Å². The summed E-state index contributed by atoms with van der Waals surface area (Å²) in [5.41, 5.74) is 1.14. The van der Waals surface area contributed by atoms with E-state index >= 15 is 0 Å². The number of rotatable bonds is 2. The highest BCUT2D eigenvalue weighted by Crippen LogP contribution is 2.36. The predicted octanol–water partition coefficient (Wildman–Crippen LogP) is 5.99. The van der Waals surface area contributed by atoms with Crippen LogP contribution in [0.15, 0.2) is 58.4 Å². The maximum absolute atomic E-state index is 6.53. The van der Waals surface area contributed by atoms with E-state index < -0.39 is 0 Å². The molecule has 1 atom stereocenters. The van der Waals surface area contributed by atoms with E-state index in [1.165, 1.54) is 15.6 Å². The van der Waals surface area contributed by atoms with Crippen molar-refractivity contribution in [3.8, 4) is 0 Å². The number of hydrogen-bond donors (Lipinski definition) is 0. The summed E-state index contributed by atoms with van der Waals surface area (Å²) >= 11 is 11.7. The molecule has 2 aromatic carbocycles. The van der Waals surface area contributed by atoms with Crippen molar-refractivity contribution in [2.75, 3.05) is 0 Å². The average molecular weight is 338 g/mol. The first kappa shape index (κ1) is 12.2. The summed E-state index contributed by atoms with van der Waals surface area (Å²) in [6.45, 7) is 0. The van der Waals surface area contributed by atoms with E-state index in [-0.39, 0.29) is 5.38 Å². The van der Waals surface area contributed by atoms with Gasteiger partial charge in [0.1, 0.15) is 0 Å². The highest BCUT2D eigenvalue weighted by Gasteiger charge is 2.13. The van der Waals surface area contributed by atoms with Crippen molar-refractivity contribution in [3.63, 3.8) is 0 Å². The van der Waals surface area contributed by atoms with Crippen LogP contribution < -0.4 is 0 Å². The average Bonchev–Trinajstić information content (AvgIpc) is 2.84. The largest absolute Gasteiger partial charge is 0.131 e. The third-order valence-corrected chi connectivity index (χ3v) is 5.21. The summed E-state index contributed by atoms with van der Waals surface area (Å²) in [6.07, 6.45) is 0. The van der Waals surface area contributed by atoms with E-state index in [1.54, 1.807) is 11.3 Å². The van der Waals surface area contributed by atoms with Crippen LogP contribution in [0.5, 0.6) is 0 Å². The lowest BCUT2D eigenvalue weighted by Gasteiger charge is -2.09. The van der Waals surface area contributed by atoms with Crippen LogP contribution in [0.3, 0.4) is 0 Å². The topological polar surface area (TPSA) is 0 Å². The predicted molar refractivity (Wildman–Crippen MR) is 83.7 cm³/mol. The molecule has 3 heteroatoms. The minimum Gasteiger partial charge on any atom is -0.131 e. The molecule has 3 aromatic rings. The molecular formula is C15H10BrClS. The van der Waals surface area contributed by atoms with Crippen molar-refractivity contribution >= 4 is 49.6 Å². The molecule has 0 fully saturated rings. The zero-order valence-electron chi connectivity index (χ0n) is 9.44. The molecule has 1 unspecified atom stereocenters. The van der Waals surface area contributed by atoms with Gasteiger partial charge in [0, 0.05) is 4.88 Å². The summed E-state index contributed by atoms with van der Waals surface area (Å²) in [7, 11) is 0. The van der Waals surface area contributed by atoms with Crippen LogP contribution in [0, 0.1) is 0 Å². The molecule has 1 heterocycles. The first-order valence-electron chi connectivity index (χ1n) is 5.62. The van der Waals surface area contributed by atoms with E-state index in [0.717, 1.165) is 9.35 Å². The van der Waals surface area contributed by atoms with Gasteiger partial charge in [-0.3, -0.25) is 0 Å². The lowest BCUT2D eigenvalue weighted by atomic mass is 10.0. The molecule has 0 aliphatic rings. The Balaban J connectivity index is 2.03. The molecule has 0 saturated heterocycles. The summed E-state index contributed by atoms with van der Waals surface area (Å²) in [5.74, 6) is 0. The lowest BCUT2D eigenvalue weighted by molar-refractivity contribution is 1.19. The molecule has 0 nitrogen and oxygen atoms in total.